The number of fused-ring (bicyclic) bond motifs is 1. The van der Waals surface area contributed by atoms with Gasteiger partial charge < -0.3 is 20.4 Å². The van der Waals surface area contributed by atoms with Crippen LogP contribution in [0.5, 0.6) is 0 Å². The summed E-state index contributed by atoms with van der Waals surface area (Å²) in [4.78, 5) is 26.1. The Balaban J connectivity index is 0.000000224. The predicted octanol–water partition coefficient (Wildman–Crippen LogP) is 2.07. The predicted molar refractivity (Wildman–Crippen MR) is 94.1 cm³/mol. The Labute approximate surface area is 147 Å². The Morgan fingerprint density at radius 1 is 1.21 bits per heavy atom. The van der Waals surface area contributed by atoms with E-state index in [2.05, 4.69) is 15.2 Å². The lowest BCUT2D eigenvalue weighted by Crippen LogP contribution is -2.43. The lowest BCUT2D eigenvalue weighted by Gasteiger charge is -2.26. The van der Waals surface area contributed by atoms with E-state index in [-0.39, 0.29) is 0 Å². The van der Waals surface area contributed by atoms with E-state index in [1.165, 1.54) is 4.70 Å². The van der Waals surface area contributed by atoms with E-state index in [9.17, 15) is 9.59 Å². The first kappa shape index (κ1) is 18.2. The molecule has 9 heteroatoms. The van der Waals surface area contributed by atoms with E-state index >= 15 is 0 Å². The molecule has 0 atom stereocenters. The molecule has 3 N–H and O–H groups in total. The fourth-order valence-electron chi connectivity index (χ4n) is 2.02. The molecule has 1 aliphatic rings. The molecule has 0 bridgehead atoms. The molecule has 24 heavy (non-hydrogen) atoms. The van der Waals surface area contributed by atoms with Crippen molar-refractivity contribution < 1.29 is 19.8 Å². The van der Waals surface area contributed by atoms with Gasteiger partial charge in [0, 0.05) is 43.4 Å². The number of carbonyl (C=O) groups is 2. The number of aliphatic carboxylic acids is 2. The Hall–Kier alpha value is -2.16. The minimum absolute atomic E-state index is 0.558. The van der Waals surface area contributed by atoms with Crippen molar-refractivity contribution in [3.8, 4) is 0 Å². The summed E-state index contributed by atoms with van der Waals surface area (Å²) in [6.07, 6.45) is 1.12. The number of hydrogen-bond donors (Lipinski definition) is 3. The first-order chi connectivity index (χ1) is 11.5. The highest BCUT2D eigenvalue weighted by atomic mass is 35.5. The Morgan fingerprint density at radius 2 is 1.83 bits per heavy atom. The summed E-state index contributed by atoms with van der Waals surface area (Å²) >= 11 is 7.70. The number of rotatable bonds is 3. The van der Waals surface area contributed by atoms with Gasteiger partial charge in [0.05, 0.1) is 10.2 Å². The number of hydrogen-bond acceptors (Lipinski definition) is 6. The fourth-order valence-corrected chi connectivity index (χ4v) is 3.19. The number of nitrogens with zero attached hydrogens (tertiary/aromatic N) is 2. The van der Waals surface area contributed by atoms with E-state index in [1.54, 1.807) is 11.3 Å². The van der Waals surface area contributed by atoms with E-state index in [4.69, 9.17) is 21.8 Å². The van der Waals surface area contributed by atoms with Crippen LogP contribution in [0.25, 0.3) is 10.2 Å². The third kappa shape index (κ3) is 5.48. The molecule has 0 aliphatic carbocycles. The summed E-state index contributed by atoms with van der Waals surface area (Å²) in [5.41, 5.74) is 1.01. The SMILES string of the molecule is Clc1ccc2sc(N3CCNCC3)nc2c1.O=C(O)/C=C/C(=O)O. The quantitative estimate of drug-likeness (QED) is 0.711. The standard InChI is InChI=1S/C11H12ClN3S.C4H4O4/c12-8-1-2-10-9(7-8)14-11(16-10)15-5-3-13-4-6-15;5-3(6)1-2-4(7)8/h1-2,7,13H,3-6H2;1-2H,(H,5,6)(H,7,8)/b;2-1+. The molecule has 0 unspecified atom stereocenters. The van der Waals surface area contributed by atoms with Gasteiger partial charge in [-0.05, 0) is 18.2 Å². The van der Waals surface area contributed by atoms with Gasteiger partial charge in [-0.2, -0.15) is 0 Å². The first-order valence-corrected chi connectivity index (χ1v) is 8.31. The maximum absolute atomic E-state index is 9.55. The van der Waals surface area contributed by atoms with Gasteiger partial charge >= 0.3 is 11.9 Å². The van der Waals surface area contributed by atoms with Crippen LogP contribution in [-0.4, -0.2) is 53.3 Å². The van der Waals surface area contributed by atoms with Crippen molar-refractivity contribution in [1.82, 2.24) is 10.3 Å². The smallest absolute Gasteiger partial charge is 0.328 e. The lowest BCUT2D eigenvalue weighted by atomic mass is 10.3. The van der Waals surface area contributed by atoms with E-state index in [0.717, 1.165) is 41.8 Å². The minimum atomic E-state index is -1.26. The molecule has 2 heterocycles. The number of carboxylic acids is 2. The topological polar surface area (TPSA) is 103 Å². The van der Waals surface area contributed by atoms with Crippen LogP contribution in [0.3, 0.4) is 0 Å². The molecule has 128 valence electrons. The molecule has 1 aromatic carbocycles. The summed E-state index contributed by atoms with van der Waals surface area (Å²) in [6.45, 7) is 4.15. The maximum atomic E-state index is 9.55. The summed E-state index contributed by atoms with van der Waals surface area (Å²) in [5.74, 6) is -2.51. The zero-order valence-corrected chi connectivity index (χ0v) is 14.2. The molecular formula is C15H16ClN3O4S. The lowest BCUT2D eigenvalue weighted by molar-refractivity contribution is -0.134. The van der Waals surface area contributed by atoms with Crippen LogP contribution in [0, 0.1) is 0 Å². The van der Waals surface area contributed by atoms with Crippen molar-refractivity contribution in [2.75, 3.05) is 31.1 Å². The summed E-state index contributed by atoms with van der Waals surface area (Å²) < 4.78 is 1.21. The second-order valence-electron chi connectivity index (χ2n) is 4.86. The molecule has 0 saturated carbocycles. The third-order valence-electron chi connectivity index (χ3n) is 3.09. The number of anilines is 1. The highest BCUT2D eigenvalue weighted by Gasteiger charge is 2.14. The number of aromatic nitrogens is 1. The Kier molecular flexibility index (Phi) is 6.53. The minimum Gasteiger partial charge on any atom is -0.478 e. The molecule has 1 saturated heterocycles. The van der Waals surface area contributed by atoms with Gasteiger partial charge in [-0.15, -0.1) is 0 Å². The molecule has 0 spiro atoms. The van der Waals surface area contributed by atoms with Crippen LogP contribution in [0.1, 0.15) is 0 Å². The van der Waals surface area contributed by atoms with Crippen molar-refractivity contribution >= 4 is 50.2 Å². The molecule has 0 amide bonds. The maximum Gasteiger partial charge on any atom is 0.328 e. The van der Waals surface area contributed by atoms with Crippen molar-refractivity contribution in [1.29, 1.82) is 0 Å². The number of halogens is 1. The van der Waals surface area contributed by atoms with Crippen LogP contribution in [-0.2, 0) is 9.59 Å². The van der Waals surface area contributed by atoms with Crippen LogP contribution >= 0.6 is 22.9 Å². The highest BCUT2D eigenvalue weighted by molar-refractivity contribution is 7.22. The molecule has 3 rings (SSSR count). The van der Waals surface area contributed by atoms with Crippen molar-refractivity contribution in [2.24, 2.45) is 0 Å². The van der Waals surface area contributed by atoms with Crippen LogP contribution in [0.2, 0.25) is 5.02 Å². The van der Waals surface area contributed by atoms with Gasteiger partial charge in [0.2, 0.25) is 0 Å². The van der Waals surface area contributed by atoms with Crippen LogP contribution in [0.4, 0.5) is 5.13 Å². The Morgan fingerprint density at radius 3 is 2.42 bits per heavy atom. The average molecular weight is 370 g/mol. The highest BCUT2D eigenvalue weighted by Crippen LogP contribution is 2.30. The normalized spacial score (nSPS) is 14.5. The zero-order valence-electron chi connectivity index (χ0n) is 12.6. The summed E-state index contributed by atoms with van der Waals surface area (Å²) in [6, 6.07) is 5.89. The van der Waals surface area contributed by atoms with Gasteiger partial charge in [0.25, 0.3) is 0 Å². The van der Waals surface area contributed by atoms with Gasteiger partial charge in [-0.25, -0.2) is 14.6 Å². The van der Waals surface area contributed by atoms with E-state index < -0.39 is 11.9 Å². The molecule has 1 aliphatic heterocycles. The number of benzene rings is 1. The number of nitrogens with one attached hydrogen (secondary N) is 1. The van der Waals surface area contributed by atoms with Crippen molar-refractivity contribution in [3.05, 3.63) is 35.4 Å². The van der Waals surface area contributed by atoms with E-state index in [1.807, 2.05) is 18.2 Å². The molecule has 1 aromatic heterocycles. The second kappa shape index (κ2) is 8.62. The van der Waals surface area contributed by atoms with Gasteiger partial charge in [0.15, 0.2) is 5.13 Å². The fraction of sp³-hybridized carbons (Fsp3) is 0.267. The average Bonchev–Trinajstić information content (AvgIpc) is 2.97. The largest absolute Gasteiger partial charge is 0.478 e. The molecule has 7 nitrogen and oxygen atoms in total. The molecule has 0 radical (unpaired) electrons. The first-order valence-electron chi connectivity index (χ1n) is 7.11. The Bertz CT molecular complexity index is 740. The summed E-state index contributed by atoms with van der Waals surface area (Å²) in [7, 11) is 0. The number of piperazine rings is 1. The van der Waals surface area contributed by atoms with Gasteiger partial charge in [-0.3, -0.25) is 0 Å². The monoisotopic (exact) mass is 369 g/mol. The molecule has 2 aromatic rings. The van der Waals surface area contributed by atoms with E-state index in [0.29, 0.717) is 12.2 Å². The van der Waals surface area contributed by atoms with Crippen LogP contribution in [0.15, 0.2) is 30.4 Å². The van der Waals surface area contributed by atoms with Crippen molar-refractivity contribution in [3.63, 3.8) is 0 Å². The van der Waals surface area contributed by atoms with Gasteiger partial charge in [0.1, 0.15) is 0 Å². The van der Waals surface area contributed by atoms with Crippen molar-refractivity contribution in [2.45, 2.75) is 0 Å². The summed E-state index contributed by atoms with van der Waals surface area (Å²) in [5, 5.41) is 20.8. The number of carboxylic acid groups (broad SMARTS) is 2. The second-order valence-corrected chi connectivity index (χ2v) is 6.30. The zero-order chi connectivity index (χ0) is 17.5. The third-order valence-corrected chi connectivity index (χ3v) is 4.43. The number of thiazole rings is 1. The molecular weight excluding hydrogens is 354 g/mol. The van der Waals surface area contributed by atoms with Crippen LogP contribution < -0.4 is 10.2 Å². The molecule has 1 fully saturated rings. The van der Waals surface area contributed by atoms with Gasteiger partial charge in [-0.1, -0.05) is 22.9 Å².